The number of nitrogens with one attached hydrogen (secondary N) is 1. The smallest absolute Gasteiger partial charge is 0.259 e. The van der Waals surface area contributed by atoms with E-state index >= 15 is 0 Å². The Bertz CT molecular complexity index is 563. The van der Waals surface area contributed by atoms with Crippen molar-refractivity contribution in [1.29, 1.82) is 0 Å². The van der Waals surface area contributed by atoms with Gasteiger partial charge in [-0.3, -0.25) is 9.48 Å². The molecule has 2 aromatic heterocycles. The summed E-state index contributed by atoms with van der Waals surface area (Å²) in [5.41, 5.74) is 1.75. The fourth-order valence-corrected chi connectivity index (χ4v) is 1.92. The van der Waals surface area contributed by atoms with Crippen LogP contribution in [0.5, 0.6) is 0 Å². The van der Waals surface area contributed by atoms with Gasteiger partial charge in [0.2, 0.25) is 0 Å². The number of nitrogens with zero attached hydrogens (tertiary/aromatic N) is 2. The Hall–Kier alpha value is -1.58. The van der Waals surface area contributed by atoms with Gasteiger partial charge in [0, 0.05) is 12.2 Å². The van der Waals surface area contributed by atoms with Crippen molar-refractivity contribution >= 4 is 10.9 Å². The summed E-state index contributed by atoms with van der Waals surface area (Å²) < 4.78 is 1.92. The van der Waals surface area contributed by atoms with Gasteiger partial charge in [0.05, 0.1) is 16.6 Å². The van der Waals surface area contributed by atoms with Gasteiger partial charge in [0.15, 0.2) is 0 Å². The van der Waals surface area contributed by atoms with Crippen LogP contribution in [0.3, 0.4) is 0 Å². The lowest BCUT2D eigenvalue weighted by molar-refractivity contribution is 0.539. The lowest BCUT2D eigenvalue weighted by Gasteiger charge is -2.06. The number of aromatic amines is 1. The first-order chi connectivity index (χ1) is 7.52. The molecule has 0 aliphatic rings. The number of rotatable bonds is 2. The first kappa shape index (κ1) is 10.9. The molecule has 2 heterocycles. The molecule has 2 aromatic rings. The van der Waals surface area contributed by atoms with Crippen LogP contribution in [0, 0.1) is 0 Å². The molecular formula is C12H17N3O. The van der Waals surface area contributed by atoms with E-state index in [0.29, 0.717) is 0 Å². The van der Waals surface area contributed by atoms with Gasteiger partial charge in [0.25, 0.3) is 5.56 Å². The Morgan fingerprint density at radius 3 is 2.56 bits per heavy atom. The van der Waals surface area contributed by atoms with Gasteiger partial charge >= 0.3 is 0 Å². The van der Waals surface area contributed by atoms with Crippen molar-refractivity contribution in [2.45, 2.75) is 39.7 Å². The monoisotopic (exact) mass is 219 g/mol. The van der Waals surface area contributed by atoms with Crippen molar-refractivity contribution in [2.75, 3.05) is 0 Å². The van der Waals surface area contributed by atoms with Crippen molar-refractivity contribution in [3.8, 4) is 0 Å². The van der Waals surface area contributed by atoms with Crippen LogP contribution in [0.1, 0.15) is 45.3 Å². The van der Waals surface area contributed by atoms with Crippen LogP contribution in [0.15, 0.2) is 17.1 Å². The summed E-state index contributed by atoms with van der Waals surface area (Å²) in [7, 11) is 0. The van der Waals surface area contributed by atoms with E-state index in [0.717, 1.165) is 16.6 Å². The summed E-state index contributed by atoms with van der Waals surface area (Å²) in [6.07, 6.45) is 1.68. The molecule has 4 heteroatoms. The maximum absolute atomic E-state index is 11.8. The summed E-state index contributed by atoms with van der Waals surface area (Å²) in [5, 5.41) is 5.27. The zero-order valence-corrected chi connectivity index (χ0v) is 10.1. The Labute approximate surface area is 94.3 Å². The number of hydrogen-bond donors (Lipinski definition) is 1. The van der Waals surface area contributed by atoms with Gasteiger partial charge < -0.3 is 4.98 Å². The van der Waals surface area contributed by atoms with Crippen molar-refractivity contribution in [1.82, 2.24) is 14.8 Å². The Morgan fingerprint density at radius 1 is 1.31 bits per heavy atom. The highest BCUT2D eigenvalue weighted by atomic mass is 16.1. The van der Waals surface area contributed by atoms with Gasteiger partial charge in [-0.05, 0) is 25.8 Å². The maximum Gasteiger partial charge on any atom is 0.259 e. The molecule has 16 heavy (non-hydrogen) atoms. The summed E-state index contributed by atoms with van der Waals surface area (Å²) in [6.45, 7) is 8.24. The molecule has 0 radical (unpaired) electrons. The van der Waals surface area contributed by atoms with Crippen LogP contribution >= 0.6 is 0 Å². The topological polar surface area (TPSA) is 50.7 Å². The molecule has 0 spiro atoms. The molecule has 0 fully saturated rings. The van der Waals surface area contributed by atoms with Crippen molar-refractivity contribution in [3.63, 3.8) is 0 Å². The standard InChI is InChI=1S/C12H17N3O/c1-7(2)11-10-9(5-6-13-12(10)16)15(14-11)8(3)4/h5-8H,1-4H3,(H,13,16). The van der Waals surface area contributed by atoms with Gasteiger partial charge in [-0.2, -0.15) is 5.10 Å². The third kappa shape index (κ3) is 1.54. The summed E-state index contributed by atoms with van der Waals surface area (Å²) in [4.78, 5) is 14.5. The van der Waals surface area contributed by atoms with Gasteiger partial charge in [-0.25, -0.2) is 0 Å². The molecule has 0 atom stereocenters. The molecule has 0 saturated heterocycles. The third-order valence-electron chi connectivity index (χ3n) is 2.69. The minimum Gasteiger partial charge on any atom is -0.328 e. The van der Waals surface area contributed by atoms with E-state index < -0.39 is 0 Å². The number of fused-ring (bicyclic) bond motifs is 1. The number of H-pyrrole nitrogens is 1. The largest absolute Gasteiger partial charge is 0.328 e. The van der Waals surface area contributed by atoms with Crippen LogP contribution in [-0.2, 0) is 0 Å². The Balaban J connectivity index is 2.87. The lowest BCUT2D eigenvalue weighted by Crippen LogP contribution is -2.06. The van der Waals surface area contributed by atoms with Crippen LogP contribution in [0.25, 0.3) is 10.9 Å². The molecule has 4 nitrogen and oxygen atoms in total. The van der Waals surface area contributed by atoms with Crippen LogP contribution in [0.2, 0.25) is 0 Å². The van der Waals surface area contributed by atoms with E-state index in [9.17, 15) is 4.79 Å². The third-order valence-corrected chi connectivity index (χ3v) is 2.69. The molecule has 0 saturated carbocycles. The number of hydrogen-bond acceptors (Lipinski definition) is 2. The Kier molecular flexibility index (Phi) is 2.58. The van der Waals surface area contributed by atoms with Gasteiger partial charge in [-0.1, -0.05) is 13.8 Å². The molecule has 86 valence electrons. The molecule has 0 amide bonds. The molecule has 0 aliphatic heterocycles. The highest BCUT2D eigenvalue weighted by molar-refractivity contribution is 5.81. The van der Waals surface area contributed by atoms with E-state index in [1.807, 2.05) is 10.7 Å². The summed E-state index contributed by atoms with van der Waals surface area (Å²) in [6, 6.07) is 2.17. The second-order valence-electron chi connectivity index (χ2n) is 4.65. The first-order valence-corrected chi connectivity index (χ1v) is 5.62. The molecule has 2 rings (SSSR count). The predicted molar refractivity (Wildman–Crippen MR) is 64.8 cm³/mol. The van der Waals surface area contributed by atoms with Crippen molar-refractivity contribution in [2.24, 2.45) is 0 Å². The van der Waals surface area contributed by atoms with E-state index in [1.165, 1.54) is 0 Å². The minimum absolute atomic E-state index is 0.0481. The fraction of sp³-hybridized carbons (Fsp3) is 0.500. The fourth-order valence-electron chi connectivity index (χ4n) is 1.92. The number of pyridine rings is 1. The van der Waals surface area contributed by atoms with E-state index in [4.69, 9.17) is 0 Å². The second kappa shape index (κ2) is 3.77. The molecule has 0 aromatic carbocycles. The highest BCUT2D eigenvalue weighted by Crippen LogP contribution is 2.23. The summed E-state index contributed by atoms with van der Waals surface area (Å²) >= 11 is 0. The van der Waals surface area contributed by atoms with E-state index in [1.54, 1.807) is 6.20 Å². The number of aromatic nitrogens is 3. The summed E-state index contributed by atoms with van der Waals surface area (Å²) in [5.74, 6) is 0.256. The average molecular weight is 219 g/mol. The van der Waals surface area contributed by atoms with Gasteiger partial charge in [-0.15, -0.1) is 0 Å². The average Bonchev–Trinajstić information content (AvgIpc) is 2.58. The first-order valence-electron chi connectivity index (χ1n) is 5.62. The molecule has 0 unspecified atom stereocenters. The van der Waals surface area contributed by atoms with Gasteiger partial charge in [0.1, 0.15) is 0 Å². The molecular weight excluding hydrogens is 202 g/mol. The minimum atomic E-state index is -0.0481. The lowest BCUT2D eigenvalue weighted by atomic mass is 10.1. The second-order valence-corrected chi connectivity index (χ2v) is 4.65. The SMILES string of the molecule is CC(C)c1nn(C(C)C)c2cc[nH]c(=O)c12. The van der Waals surface area contributed by atoms with E-state index in [-0.39, 0.29) is 17.5 Å². The zero-order chi connectivity index (χ0) is 11.9. The molecule has 0 aliphatic carbocycles. The molecule has 1 N–H and O–H groups in total. The highest BCUT2D eigenvalue weighted by Gasteiger charge is 2.17. The maximum atomic E-state index is 11.8. The van der Waals surface area contributed by atoms with Crippen LogP contribution < -0.4 is 5.56 Å². The van der Waals surface area contributed by atoms with Crippen molar-refractivity contribution < 1.29 is 0 Å². The quantitative estimate of drug-likeness (QED) is 0.843. The van der Waals surface area contributed by atoms with Crippen LogP contribution in [-0.4, -0.2) is 14.8 Å². The van der Waals surface area contributed by atoms with Crippen molar-refractivity contribution in [3.05, 3.63) is 28.3 Å². The normalized spacial score (nSPS) is 11.9. The molecule has 0 bridgehead atoms. The predicted octanol–water partition coefficient (Wildman–Crippen LogP) is 2.43. The van der Waals surface area contributed by atoms with E-state index in [2.05, 4.69) is 37.8 Å². The zero-order valence-electron chi connectivity index (χ0n) is 10.1. The van der Waals surface area contributed by atoms with Crippen LogP contribution in [0.4, 0.5) is 0 Å². The Morgan fingerprint density at radius 2 is 2.00 bits per heavy atom.